The molecule has 0 atom stereocenters. The maximum atomic E-state index is 13.3. The molecule has 36 heavy (non-hydrogen) atoms. The SMILES string of the molecule is COCCOc1nc(-c2cccc(C(F)(F)F)c2)n(-c2ccc(NC(=O)c3ccccc3Br)cc2)n1. The molecule has 0 aliphatic carbocycles. The fourth-order valence-corrected chi connectivity index (χ4v) is 3.77. The molecule has 4 rings (SSSR count). The molecule has 0 saturated heterocycles. The average molecular weight is 561 g/mol. The van der Waals surface area contributed by atoms with Crippen LogP contribution >= 0.6 is 15.9 Å². The Morgan fingerprint density at radius 3 is 2.47 bits per heavy atom. The topological polar surface area (TPSA) is 78.3 Å². The van der Waals surface area contributed by atoms with Gasteiger partial charge in [-0.2, -0.15) is 18.2 Å². The number of hydrogen-bond donors (Lipinski definition) is 1. The highest BCUT2D eigenvalue weighted by Crippen LogP contribution is 2.33. The van der Waals surface area contributed by atoms with Crippen LogP contribution in [0.4, 0.5) is 18.9 Å². The van der Waals surface area contributed by atoms with Crippen molar-refractivity contribution >= 4 is 27.5 Å². The number of carbonyl (C=O) groups is 1. The Bertz CT molecular complexity index is 1360. The molecule has 1 aromatic heterocycles. The van der Waals surface area contributed by atoms with Gasteiger partial charge in [-0.05, 0) is 64.5 Å². The monoisotopic (exact) mass is 560 g/mol. The van der Waals surface area contributed by atoms with Crippen LogP contribution in [0.15, 0.2) is 77.3 Å². The molecule has 0 spiro atoms. The second-order valence-electron chi connectivity index (χ2n) is 7.53. The van der Waals surface area contributed by atoms with Gasteiger partial charge in [0.1, 0.15) is 6.61 Å². The van der Waals surface area contributed by atoms with Gasteiger partial charge in [0.2, 0.25) is 0 Å². The zero-order valence-corrected chi connectivity index (χ0v) is 20.5. The third-order valence-electron chi connectivity index (χ3n) is 5.04. The first-order chi connectivity index (χ1) is 17.3. The summed E-state index contributed by atoms with van der Waals surface area (Å²) in [5, 5.41) is 7.13. The molecule has 0 unspecified atom stereocenters. The van der Waals surface area contributed by atoms with Crippen LogP contribution in [0.5, 0.6) is 6.01 Å². The van der Waals surface area contributed by atoms with Crippen molar-refractivity contribution in [2.24, 2.45) is 0 Å². The number of ether oxygens (including phenoxy) is 2. The number of methoxy groups -OCH3 is 1. The minimum Gasteiger partial charge on any atom is -0.460 e. The van der Waals surface area contributed by atoms with E-state index in [2.05, 4.69) is 31.3 Å². The lowest BCUT2D eigenvalue weighted by Gasteiger charge is -2.11. The lowest BCUT2D eigenvalue weighted by molar-refractivity contribution is -0.137. The van der Waals surface area contributed by atoms with E-state index in [1.54, 1.807) is 42.5 Å². The molecule has 3 aromatic carbocycles. The molecule has 1 heterocycles. The number of halogens is 4. The van der Waals surface area contributed by atoms with Crippen LogP contribution in [0.25, 0.3) is 17.1 Å². The molecule has 0 saturated carbocycles. The van der Waals surface area contributed by atoms with Gasteiger partial charge in [0.15, 0.2) is 5.82 Å². The smallest absolute Gasteiger partial charge is 0.416 e. The number of anilines is 1. The van der Waals surface area contributed by atoms with Crippen LogP contribution in [-0.4, -0.2) is 41.0 Å². The quantitative estimate of drug-likeness (QED) is 0.268. The highest BCUT2D eigenvalue weighted by atomic mass is 79.9. The second kappa shape index (κ2) is 10.9. The average Bonchev–Trinajstić information content (AvgIpc) is 3.29. The highest BCUT2D eigenvalue weighted by Gasteiger charge is 2.31. The predicted molar refractivity (Wildman–Crippen MR) is 131 cm³/mol. The molecule has 1 amide bonds. The molecular weight excluding hydrogens is 541 g/mol. The fourth-order valence-electron chi connectivity index (χ4n) is 3.30. The predicted octanol–water partition coefficient (Wildman–Crippen LogP) is 5.99. The summed E-state index contributed by atoms with van der Waals surface area (Å²) in [6.45, 7) is 0.460. The number of nitrogens with zero attached hydrogens (tertiary/aromatic N) is 3. The number of carbonyl (C=O) groups excluding carboxylic acids is 1. The van der Waals surface area contributed by atoms with Gasteiger partial charge in [-0.1, -0.05) is 24.3 Å². The normalized spacial score (nSPS) is 11.4. The Balaban J connectivity index is 1.65. The van der Waals surface area contributed by atoms with E-state index in [1.165, 1.54) is 23.9 Å². The molecule has 0 radical (unpaired) electrons. The molecule has 1 N–H and O–H groups in total. The van der Waals surface area contributed by atoms with Crippen molar-refractivity contribution in [1.82, 2.24) is 14.8 Å². The maximum absolute atomic E-state index is 13.3. The first-order valence-corrected chi connectivity index (χ1v) is 11.5. The van der Waals surface area contributed by atoms with Gasteiger partial charge in [0, 0.05) is 22.8 Å². The Morgan fingerprint density at radius 2 is 1.78 bits per heavy atom. The fraction of sp³-hybridized carbons (Fsp3) is 0.160. The summed E-state index contributed by atoms with van der Waals surface area (Å²) in [5.41, 5.74) is 0.918. The van der Waals surface area contributed by atoms with Gasteiger partial charge < -0.3 is 14.8 Å². The van der Waals surface area contributed by atoms with E-state index < -0.39 is 11.7 Å². The number of amides is 1. The van der Waals surface area contributed by atoms with E-state index in [1.807, 2.05) is 6.07 Å². The summed E-state index contributed by atoms with van der Waals surface area (Å²) in [6.07, 6.45) is -4.51. The van der Waals surface area contributed by atoms with Gasteiger partial charge in [-0.3, -0.25) is 4.79 Å². The highest BCUT2D eigenvalue weighted by molar-refractivity contribution is 9.10. The van der Waals surface area contributed by atoms with E-state index in [0.717, 1.165) is 12.1 Å². The van der Waals surface area contributed by atoms with Gasteiger partial charge in [0.25, 0.3) is 5.91 Å². The number of alkyl halides is 3. The van der Waals surface area contributed by atoms with Gasteiger partial charge >= 0.3 is 12.2 Å². The molecule has 11 heteroatoms. The number of hydrogen-bond acceptors (Lipinski definition) is 5. The van der Waals surface area contributed by atoms with Crippen molar-refractivity contribution in [3.05, 3.63) is 88.4 Å². The number of aromatic nitrogens is 3. The van der Waals surface area contributed by atoms with Crippen LogP contribution in [0, 0.1) is 0 Å². The van der Waals surface area contributed by atoms with Crippen LogP contribution in [0.3, 0.4) is 0 Å². The minimum atomic E-state index is -4.51. The Labute approximate surface area is 213 Å². The third kappa shape index (κ3) is 5.92. The summed E-state index contributed by atoms with van der Waals surface area (Å²) in [4.78, 5) is 16.9. The van der Waals surface area contributed by atoms with E-state index in [-0.39, 0.29) is 29.9 Å². The summed E-state index contributed by atoms with van der Waals surface area (Å²) >= 11 is 3.36. The summed E-state index contributed by atoms with van der Waals surface area (Å²) < 4.78 is 52.4. The molecule has 4 aromatic rings. The van der Waals surface area contributed by atoms with Crippen LogP contribution in [-0.2, 0) is 10.9 Å². The van der Waals surface area contributed by atoms with E-state index in [9.17, 15) is 18.0 Å². The molecule has 0 fully saturated rings. The standard InChI is InChI=1S/C25H20BrF3N4O3/c1-35-13-14-36-24-31-22(16-5-4-6-17(15-16)25(27,28)29)33(32-24)19-11-9-18(10-12-19)30-23(34)20-7-2-3-8-21(20)26/h2-12,15H,13-14H2,1H3,(H,30,34). The first kappa shape index (κ1) is 25.4. The van der Waals surface area contributed by atoms with Gasteiger partial charge in [0.05, 0.1) is 23.4 Å². The Morgan fingerprint density at radius 1 is 1.03 bits per heavy atom. The van der Waals surface area contributed by atoms with Crippen molar-refractivity contribution < 1.29 is 27.4 Å². The van der Waals surface area contributed by atoms with Crippen molar-refractivity contribution in [1.29, 1.82) is 0 Å². The first-order valence-electron chi connectivity index (χ1n) is 10.7. The van der Waals surface area contributed by atoms with Crippen molar-refractivity contribution in [2.75, 3.05) is 25.6 Å². The second-order valence-corrected chi connectivity index (χ2v) is 8.38. The molecule has 0 aliphatic heterocycles. The van der Waals surface area contributed by atoms with E-state index >= 15 is 0 Å². The van der Waals surface area contributed by atoms with Gasteiger partial charge in [-0.25, -0.2) is 4.68 Å². The van der Waals surface area contributed by atoms with E-state index in [4.69, 9.17) is 9.47 Å². The molecule has 0 bridgehead atoms. The summed E-state index contributed by atoms with van der Waals surface area (Å²) in [7, 11) is 1.51. The summed E-state index contributed by atoms with van der Waals surface area (Å²) in [5.74, 6) is -0.131. The van der Waals surface area contributed by atoms with Crippen molar-refractivity contribution in [3.8, 4) is 23.1 Å². The largest absolute Gasteiger partial charge is 0.460 e. The lowest BCUT2D eigenvalue weighted by Crippen LogP contribution is -2.12. The number of benzene rings is 3. The van der Waals surface area contributed by atoms with Crippen molar-refractivity contribution in [2.45, 2.75) is 6.18 Å². The minimum absolute atomic E-state index is 0.00855. The van der Waals surface area contributed by atoms with E-state index in [0.29, 0.717) is 28.0 Å². The number of rotatable bonds is 8. The molecule has 7 nitrogen and oxygen atoms in total. The maximum Gasteiger partial charge on any atom is 0.416 e. The number of nitrogens with one attached hydrogen (secondary N) is 1. The molecule has 0 aliphatic rings. The van der Waals surface area contributed by atoms with Crippen LogP contribution in [0.1, 0.15) is 15.9 Å². The van der Waals surface area contributed by atoms with Crippen molar-refractivity contribution in [3.63, 3.8) is 0 Å². The van der Waals surface area contributed by atoms with Gasteiger partial charge in [-0.15, -0.1) is 5.10 Å². The Hall–Kier alpha value is -3.70. The third-order valence-corrected chi connectivity index (χ3v) is 5.73. The van der Waals surface area contributed by atoms with Crippen LogP contribution < -0.4 is 10.1 Å². The Kier molecular flexibility index (Phi) is 7.70. The zero-order valence-electron chi connectivity index (χ0n) is 18.9. The lowest BCUT2D eigenvalue weighted by atomic mass is 10.1. The van der Waals surface area contributed by atoms with Crippen LogP contribution in [0.2, 0.25) is 0 Å². The summed E-state index contributed by atoms with van der Waals surface area (Å²) in [6, 6.07) is 18.5. The zero-order chi connectivity index (χ0) is 25.7. The molecular formula is C25H20BrF3N4O3. The molecule has 186 valence electrons.